The number of hydrogen-bond acceptors (Lipinski definition) is 4. The standard InChI is InChI=1S/C18H19N3O3/c1-12-5-4-6-13(2)16(12)20-17(22)18(23)21-19-11-14-7-9-15(24-3)10-8-14/h4-11H,1-3H3,(H,20,22)(H,21,23)/b19-11-. The predicted octanol–water partition coefficient (Wildman–Crippen LogP) is 2.40. The van der Waals surface area contributed by atoms with Gasteiger partial charge in [0.05, 0.1) is 13.3 Å². The van der Waals surface area contributed by atoms with Gasteiger partial charge in [0.15, 0.2) is 0 Å². The molecule has 0 heterocycles. The van der Waals surface area contributed by atoms with Crippen LogP contribution in [0.25, 0.3) is 0 Å². The molecule has 0 saturated heterocycles. The van der Waals surface area contributed by atoms with Crippen molar-refractivity contribution in [2.45, 2.75) is 13.8 Å². The van der Waals surface area contributed by atoms with E-state index in [9.17, 15) is 9.59 Å². The zero-order valence-corrected chi connectivity index (χ0v) is 13.8. The number of carbonyl (C=O) groups excluding carboxylic acids is 2. The van der Waals surface area contributed by atoms with E-state index < -0.39 is 11.8 Å². The van der Waals surface area contributed by atoms with Crippen molar-refractivity contribution in [2.24, 2.45) is 5.10 Å². The lowest BCUT2D eigenvalue weighted by Gasteiger charge is -2.10. The Labute approximate surface area is 140 Å². The van der Waals surface area contributed by atoms with Crippen LogP contribution in [0, 0.1) is 13.8 Å². The first-order chi connectivity index (χ1) is 11.5. The number of aryl methyl sites for hydroxylation is 2. The number of ether oxygens (including phenoxy) is 1. The van der Waals surface area contributed by atoms with Crippen LogP contribution in [-0.2, 0) is 9.59 Å². The molecule has 0 saturated carbocycles. The van der Waals surface area contributed by atoms with Crippen molar-refractivity contribution in [3.8, 4) is 5.75 Å². The number of nitrogens with one attached hydrogen (secondary N) is 2. The fraction of sp³-hybridized carbons (Fsp3) is 0.167. The molecular weight excluding hydrogens is 306 g/mol. The first-order valence-corrected chi connectivity index (χ1v) is 7.36. The number of benzene rings is 2. The molecule has 2 aromatic carbocycles. The average Bonchev–Trinajstić information content (AvgIpc) is 2.58. The van der Waals surface area contributed by atoms with E-state index in [1.807, 2.05) is 32.0 Å². The number of methoxy groups -OCH3 is 1. The van der Waals surface area contributed by atoms with Gasteiger partial charge >= 0.3 is 11.8 Å². The average molecular weight is 325 g/mol. The Morgan fingerprint density at radius 2 is 1.62 bits per heavy atom. The topological polar surface area (TPSA) is 79.8 Å². The highest BCUT2D eigenvalue weighted by atomic mass is 16.5. The summed E-state index contributed by atoms with van der Waals surface area (Å²) in [6.45, 7) is 3.73. The van der Waals surface area contributed by atoms with Crippen LogP contribution >= 0.6 is 0 Å². The molecule has 0 bridgehead atoms. The number of nitrogens with zero attached hydrogens (tertiary/aromatic N) is 1. The first kappa shape index (κ1) is 17.2. The van der Waals surface area contributed by atoms with Gasteiger partial charge in [0.2, 0.25) is 0 Å². The van der Waals surface area contributed by atoms with Gasteiger partial charge in [-0.15, -0.1) is 0 Å². The molecule has 2 rings (SSSR count). The van der Waals surface area contributed by atoms with E-state index in [1.54, 1.807) is 31.4 Å². The fourth-order valence-electron chi connectivity index (χ4n) is 2.09. The molecule has 0 atom stereocenters. The minimum atomic E-state index is -0.831. The van der Waals surface area contributed by atoms with E-state index in [4.69, 9.17) is 4.74 Å². The number of carbonyl (C=O) groups is 2. The van der Waals surface area contributed by atoms with Crippen LogP contribution in [-0.4, -0.2) is 25.1 Å². The maximum atomic E-state index is 11.9. The third kappa shape index (κ3) is 4.42. The maximum Gasteiger partial charge on any atom is 0.329 e. The highest BCUT2D eigenvalue weighted by molar-refractivity contribution is 6.39. The summed E-state index contributed by atoms with van der Waals surface area (Å²) >= 11 is 0. The zero-order chi connectivity index (χ0) is 17.5. The monoisotopic (exact) mass is 325 g/mol. The van der Waals surface area contributed by atoms with Crippen molar-refractivity contribution < 1.29 is 14.3 Å². The lowest BCUT2D eigenvalue weighted by molar-refractivity contribution is -0.136. The number of anilines is 1. The lowest BCUT2D eigenvalue weighted by Crippen LogP contribution is -2.32. The molecule has 24 heavy (non-hydrogen) atoms. The quantitative estimate of drug-likeness (QED) is 0.515. The van der Waals surface area contributed by atoms with E-state index >= 15 is 0 Å². The molecule has 0 unspecified atom stereocenters. The van der Waals surface area contributed by atoms with Gasteiger partial charge in [-0.05, 0) is 54.8 Å². The van der Waals surface area contributed by atoms with E-state index in [0.29, 0.717) is 5.69 Å². The normalized spacial score (nSPS) is 10.5. The second-order valence-electron chi connectivity index (χ2n) is 5.19. The summed E-state index contributed by atoms with van der Waals surface area (Å²) in [5, 5.41) is 6.38. The van der Waals surface area contributed by atoms with Gasteiger partial charge < -0.3 is 10.1 Å². The van der Waals surface area contributed by atoms with E-state index in [2.05, 4.69) is 15.8 Å². The van der Waals surface area contributed by atoms with Crippen molar-refractivity contribution >= 4 is 23.7 Å². The molecule has 2 N–H and O–H groups in total. The smallest absolute Gasteiger partial charge is 0.329 e. The van der Waals surface area contributed by atoms with Crippen molar-refractivity contribution in [3.05, 3.63) is 59.2 Å². The summed E-state index contributed by atoms with van der Waals surface area (Å²) in [7, 11) is 1.58. The number of para-hydroxylation sites is 1. The van der Waals surface area contributed by atoms with Crippen LogP contribution in [0.3, 0.4) is 0 Å². The molecule has 0 aliphatic rings. The Kier molecular flexibility index (Phi) is 5.68. The van der Waals surface area contributed by atoms with Crippen LogP contribution in [0.4, 0.5) is 5.69 Å². The third-order valence-corrected chi connectivity index (χ3v) is 3.42. The van der Waals surface area contributed by atoms with Crippen molar-refractivity contribution in [3.63, 3.8) is 0 Å². The molecule has 0 radical (unpaired) electrons. The summed E-state index contributed by atoms with van der Waals surface area (Å²) < 4.78 is 5.05. The van der Waals surface area contributed by atoms with Gasteiger partial charge in [0.1, 0.15) is 5.75 Å². The number of hydrazone groups is 1. The minimum absolute atomic E-state index is 0.636. The van der Waals surface area contributed by atoms with Gasteiger partial charge in [-0.25, -0.2) is 5.43 Å². The summed E-state index contributed by atoms with van der Waals surface area (Å²) in [6.07, 6.45) is 1.45. The van der Waals surface area contributed by atoms with Gasteiger partial charge in [-0.3, -0.25) is 9.59 Å². The van der Waals surface area contributed by atoms with Gasteiger partial charge in [-0.1, -0.05) is 18.2 Å². The zero-order valence-electron chi connectivity index (χ0n) is 13.8. The molecule has 0 aliphatic heterocycles. The van der Waals surface area contributed by atoms with Crippen molar-refractivity contribution in [1.82, 2.24) is 5.43 Å². The minimum Gasteiger partial charge on any atom is -0.497 e. The SMILES string of the molecule is COc1ccc(/C=N\NC(=O)C(=O)Nc2c(C)cccc2C)cc1. The number of amides is 2. The van der Waals surface area contributed by atoms with Crippen LogP contribution in [0.2, 0.25) is 0 Å². The number of hydrogen-bond donors (Lipinski definition) is 2. The summed E-state index contributed by atoms with van der Waals surface area (Å²) in [6, 6.07) is 12.7. The largest absolute Gasteiger partial charge is 0.497 e. The molecule has 0 spiro atoms. The molecule has 0 aromatic heterocycles. The molecule has 6 nitrogen and oxygen atoms in total. The third-order valence-electron chi connectivity index (χ3n) is 3.42. The van der Waals surface area contributed by atoms with Crippen molar-refractivity contribution in [1.29, 1.82) is 0 Å². The van der Waals surface area contributed by atoms with E-state index in [0.717, 1.165) is 22.4 Å². The maximum absolute atomic E-state index is 11.9. The Balaban J connectivity index is 1.94. The first-order valence-electron chi connectivity index (χ1n) is 7.36. The second-order valence-corrected chi connectivity index (χ2v) is 5.19. The molecular formula is C18H19N3O3. The summed E-state index contributed by atoms with van der Waals surface area (Å²) in [5.41, 5.74) is 5.39. The van der Waals surface area contributed by atoms with Crippen LogP contribution in [0.15, 0.2) is 47.6 Å². The van der Waals surface area contributed by atoms with Crippen LogP contribution < -0.4 is 15.5 Å². The Bertz CT molecular complexity index is 747. The molecule has 0 aliphatic carbocycles. The van der Waals surface area contributed by atoms with E-state index in [1.165, 1.54) is 6.21 Å². The Morgan fingerprint density at radius 1 is 1.00 bits per heavy atom. The fourth-order valence-corrected chi connectivity index (χ4v) is 2.09. The van der Waals surface area contributed by atoms with Gasteiger partial charge in [0, 0.05) is 5.69 Å². The van der Waals surface area contributed by atoms with Crippen LogP contribution in [0.5, 0.6) is 5.75 Å². The van der Waals surface area contributed by atoms with Crippen LogP contribution in [0.1, 0.15) is 16.7 Å². The van der Waals surface area contributed by atoms with Crippen molar-refractivity contribution in [2.75, 3.05) is 12.4 Å². The summed E-state index contributed by atoms with van der Waals surface area (Å²) in [4.78, 5) is 23.7. The Morgan fingerprint density at radius 3 is 2.21 bits per heavy atom. The van der Waals surface area contributed by atoms with Gasteiger partial charge in [-0.2, -0.15) is 5.10 Å². The molecule has 6 heteroatoms. The Hall–Kier alpha value is -3.15. The summed E-state index contributed by atoms with van der Waals surface area (Å²) in [5.74, 6) is -0.870. The molecule has 0 fully saturated rings. The highest BCUT2D eigenvalue weighted by Crippen LogP contribution is 2.19. The van der Waals surface area contributed by atoms with Gasteiger partial charge in [0.25, 0.3) is 0 Å². The lowest BCUT2D eigenvalue weighted by atomic mass is 10.1. The highest BCUT2D eigenvalue weighted by Gasteiger charge is 2.14. The predicted molar refractivity (Wildman–Crippen MR) is 93.3 cm³/mol. The molecule has 2 amide bonds. The van der Waals surface area contributed by atoms with E-state index in [-0.39, 0.29) is 0 Å². The molecule has 2 aromatic rings. The number of rotatable bonds is 4. The molecule has 124 valence electrons. The second kappa shape index (κ2) is 7.92.